The average molecular weight is 398 g/mol. The molecule has 0 aliphatic rings. The van der Waals surface area contributed by atoms with Crippen LogP contribution in [0, 0.1) is 5.92 Å². The molecule has 0 fully saturated rings. The smallest absolute Gasteiger partial charge is 0.248 e. The number of benzene rings is 2. The van der Waals surface area contributed by atoms with Crippen LogP contribution in [0.15, 0.2) is 48.5 Å². The normalized spacial score (nSPS) is 11.1. The van der Waals surface area contributed by atoms with E-state index in [1.807, 2.05) is 56.3 Å². The first kappa shape index (κ1) is 22.3. The molecule has 0 atom stereocenters. The molecular weight excluding hydrogens is 366 g/mol. The van der Waals surface area contributed by atoms with Crippen LogP contribution in [0.5, 0.6) is 17.2 Å². The summed E-state index contributed by atoms with van der Waals surface area (Å²) in [6.07, 6.45) is 4.33. The second-order valence-corrected chi connectivity index (χ2v) is 7.45. The topological polar surface area (TPSA) is 56.8 Å². The fourth-order valence-corrected chi connectivity index (χ4v) is 2.56. The quantitative estimate of drug-likeness (QED) is 0.533. The molecule has 1 N–H and O–H groups in total. The van der Waals surface area contributed by atoms with Crippen LogP contribution in [0.25, 0.3) is 6.08 Å². The molecule has 5 nitrogen and oxygen atoms in total. The number of hydrogen-bond donors (Lipinski definition) is 1. The van der Waals surface area contributed by atoms with Crippen LogP contribution in [-0.4, -0.2) is 25.7 Å². The molecule has 0 unspecified atom stereocenters. The van der Waals surface area contributed by atoms with Crippen molar-refractivity contribution in [1.29, 1.82) is 0 Å². The fourth-order valence-electron chi connectivity index (χ4n) is 2.56. The number of ether oxygens (including phenoxy) is 3. The van der Waals surface area contributed by atoms with Gasteiger partial charge in [0.15, 0.2) is 11.5 Å². The van der Waals surface area contributed by atoms with E-state index < -0.39 is 0 Å². The van der Waals surface area contributed by atoms with Crippen molar-refractivity contribution in [2.24, 2.45) is 5.92 Å². The Morgan fingerprint density at radius 1 is 1.03 bits per heavy atom. The van der Waals surface area contributed by atoms with Crippen molar-refractivity contribution < 1.29 is 19.0 Å². The lowest BCUT2D eigenvalue weighted by Gasteiger charge is -2.12. The Hall–Kier alpha value is -2.95. The van der Waals surface area contributed by atoms with E-state index >= 15 is 0 Å². The molecular formula is C24H31NO4. The number of hydrogen-bond acceptors (Lipinski definition) is 4. The number of methoxy groups -OCH3 is 1. The van der Waals surface area contributed by atoms with Gasteiger partial charge in [-0.1, -0.05) is 19.9 Å². The molecule has 0 aliphatic carbocycles. The summed E-state index contributed by atoms with van der Waals surface area (Å²) in [7, 11) is 1.61. The monoisotopic (exact) mass is 397 g/mol. The van der Waals surface area contributed by atoms with E-state index in [1.54, 1.807) is 13.2 Å². The van der Waals surface area contributed by atoms with E-state index in [2.05, 4.69) is 19.2 Å². The number of nitrogens with one attached hydrogen (secondary N) is 1. The van der Waals surface area contributed by atoms with Gasteiger partial charge in [0.25, 0.3) is 0 Å². The molecule has 0 aromatic heterocycles. The summed E-state index contributed by atoms with van der Waals surface area (Å²) in [6, 6.07) is 12.9. The predicted molar refractivity (Wildman–Crippen MR) is 118 cm³/mol. The summed E-state index contributed by atoms with van der Waals surface area (Å²) in [6.45, 7) is 8.91. The highest BCUT2D eigenvalue weighted by molar-refractivity contribution is 6.01. The first-order valence-corrected chi connectivity index (χ1v) is 9.94. The van der Waals surface area contributed by atoms with E-state index in [0.717, 1.165) is 17.7 Å². The van der Waals surface area contributed by atoms with Gasteiger partial charge < -0.3 is 19.5 Å². The molecule has 2 aromatic carbocycles. The van der Waals surface area contributed by atoms with Crippen molar-refractivity contribution in [2.75, 3.05) is 19.0 Å². The summed E-state index contributed by atoms with van der Waals surface area (Å²) >= 11 is 0. The number of carbonyl (C=O) groups is 1. The van der Waals surface area contributed by atoms with Crippen LogP contribution >= 0.6 is 0 Å². The molecule has 1 amide bonds. The third kappa shape index (κ3) is 7.90. The zero-order valence-corrected chi connectivity index (χ0v) is 17.9. The van der Waals surface area contributed by atoms with E-state index in [-0.39, 0.29) is 12.0 Å². The maximum atomic E-state index is 12.2. The third-order valence-corrected chi connectivity index (χ3v) is 4.06. The number of carbonyl (C=O) groups excluding carboxylic acids is 1. The summed E-state index contributed by atoms with van der Waals surface area (Å²) in [5, 5.41) is 2.83. The van der Waals surface area contributed by atoms with Crippen LogP contribution in [0.4, 0.5) is 5.69 Å². The molecule has 0 heterocycles. The minimum Gasteiger partial charge on any atom is -0.493 e. The largest absolute Gasteiger partial charge is 0.493 e. The van der Waals surface area contributed by atoms with Gasteiger partial charge in [-0.05, 0) is 74.2 Å². The van der Waals surface area contributed by atoms with Crippen molar-refractivity contribution in [1.82, 2.24) is 0 Å². The molecule has 29 heavy (non-hydrogen) atoms. The molecule has 2 rings (SSSR count). The molecule has 2 aromatic rings. The van der Waals surface area contributed by atoms with Crippen molar-refractivity contribution >= 4 is 17.7 Å². The Morgan fingerprint density at radius 2 is 1.76 bits per heavy atom. The molecule has 156 valence electrons. The standard InChI is InChI=1S/C24H31NO4/c1-17(2)14-15-28-22-12-6-19(16-23(22)27-5)7-13-24(26)25-20-8-10-21(11-9-20)29-18(3)4/h6-13,16-18H,14-15H2,1-5H3,(H,25,26)/b13-7+. The number of rotatable bonds is 10. The molecule has 0 saturated carbocycles. The van der Waals surface area contributed by atoms with Gasteiger partial charge in [-0.2, -0.15) is 0 Å². The van der Waals surface area contributed by atoms with Gasteiger partial charge in [0.2, 0.25) is 5.91 Å². The van der Waals surface area contributed by atoms with E-state index in [9.17, 15) is 4.79 Å². The maximum Gasteiger partial charge on any atom is 0.248 e. The lowest BCUT2D eigenvalue weighted by molar-refractivity contribution is -0.111. The Bertz CT molecular complexity index is 810. The minimum absolute atomic E-state index is 0.113. The van der Waals surface area contributed by atoms with Gasteiger partial charge in [-0.25, -0.2) is 0 Å². The second-order valence-electron chi connectivity index (χ2n) is 7.45. The molecule has 0 saturated heterocycles. The van der Waals surface area contributed by atoms with E-state index in [4.69, 9.17) is 14.2 Å². The van der Waals surface area contributed by atoms with Crippen molar-refractivity contribution in [3.63, 3.8) is 0 Å². The minimum atomic E-state index is -0.209. The van der Waals surface area contributed by atoms with Crippen molar-refractivity contribution in [2.45, 2.75) is 40.2 Å². The molecule has 0 bridgehead atoms. The molecule has 0 spiro atoms. The second kappa shape index (κ2) is 11.1. The van der Waals surface area contributed by atoms with E-state index in [0.29, 0.717) is 29.7 Å². The first-order valence-electron chi connectivity index (χ1n) is 9.94. The highest BCUT2D eigenvalue weighted by Gasteiger charge is 2.06. The fraction of sp³-hybridized carbons (Fsp3) is 0.375. The van der Waals surface area contributed by atoms with Crippen LogP contribution in [-0.2, 0) is 4.79 Å². The van der Waals surface area contributed by atoms with Gasteiger partial charge in [0.1, 0.15) is 5.75 Å². The van der Waals surface area contributed by atoms with Crippen LogP contribution in [0.3, 0.4) is 0 Å². The average Bonchev–Trinajstić information content (AvgIpc) is 2.68. The van der Waals surface area contributed by atoms with Gasteiger partial charge >= 0.3 is 0 Å². The zero-order valence-electron chi connectivity index (χ0n) is 17.9. The maximum absolute atomic E-state index is 12.2. The zero-order chi connectivity index (χ0) is 21.2. The summed E-state index contributed by atoms with van der Waals surface area (Å²) in [5.41, 5.74) is 1.57. The molecule has 0 radical (unpaired) electrons. The highest BCUT2D eigenvalue weighted by Crippen LogP contribution is 2.29. The Balaban J connectivity index is 1.95. The number of anilines is 1. The summed E-state index contributed by atoms with van der Waals surface area (Å²) in [5.74, 6) is 2.51. The lowest BCUT2D eigenvalue weighted by atomic mass is 10.1. The van der Waals surface area contributed by atoms with Crippen LogP contribution in [0.1, 0.15) is 39.7 Å². The number of amides is 1. The van der Waals surface area contributed by atoms with Crippen LogP contribution in [0.2, 0.25) is 0 Å². The van der Waals surface area contributed by atoms with Crippen molar-refractivity contribution in [3.8, 4) is 17.2 Å². The summed E-state index contributed by atoms with van der Waals surface area (Å²) < 4.78 is 16.8. The van der Waals surface area contributed by atoms with Gasteiger partial charge in [0.05, 0.1) is 19.8 Å². The van der Waals surface area contributed by atoms with Crippen LogP contribution < -0.4 is 19.5 Å². The molecule has 5 heteroatoms. The predicted octanol–water partition coefficient (Wildman–Crippen LogP) is 5.56. The summed E-state index contributed by atoms with van der Waals surface area (Å²) in [4.78, 5) is 12.2. The Labute approximate surface area is 173 Å². The molecule has 0 aliphatic heterocycles. The lowest BCUT2D eigenvalue weighted by Crippen LogP contribution is -2.08. The highest BCUT2D eigenvalue weighted by atomic mass is 16.5. The SMILES string of the molecule is COc1cc(/C=C/C(=O)Nc2ccc(OC(C)C)cc2)ccc1OCCC(C)C. The Morgan fingerprint density at radius 3 is 2.38 bits per heavy atom. The Kier molecular flexibility index (Phi) is 8.59. The van der Waals surface area contributed by atoms with Crippen molar-refractivity contribution in [3.05, 3.63) is 54.1 Å². The van der Waals surface area contributed by atoms with Gasteiger partial charge in [-0.15, -0.1) is 0 Å². The first-order chi connectivity index (χ1) is 13.9. The van der Waals surface area contributed by atoms with Gasteiger partial charge in [-0.3, -0.25) is 4.79 Å². The van der Waals surface area contributed by atoms with E-state index in [1.165, 1.54) is 6.08 Å². The third-order valence-electron chi connectivity index (χ3n) is 4.06. The van der Waals surface area contributed by atoms with Gasteiger partial charge in [0, 0.05) is 11.8 Å².